The van der Waals surface area contributed by atoms with Gasteiger partial charge in [0.1, 0.15) is 0 Å². The number of unbranched alkanes of at least 4 members (excludes halogenated alkanes) is 1. The number of nitrogens with one attached hydrogen (secondary N) is 1. The molecule has 1 N–H and O–H groups in total. The van der Waals surface area contributed by atoms with Crippen LogP contribution in [0.4, 0.5) is 4.39 Å². The SMILES string of the molecule is CCCCC(C)NC(=O)C(C)(C)F. The molecule has 0 radical (unpaired) electrons. The van der Waals surface area contributed by atoms with Crippen LogP contribution in [0.1, 0.15) is 47.0 Å². The van der Waals surface area contributed by atoms with Crippen LogP contribution in [0.25, 0.3) is 0 Å². The van der Waals surface area contributed by atoms with E-state index in [0.717, 1.165) is 19.3 Å². The molecular weight excluding hydrogens is 169 g/mol. The highest BCUT2D eigenvalue weighted by atomic mass is 19.1. The van der Waals surface area contributed by atoms with Crippen LogP contribution < -0.4 is 5.32 Å². The van der Waals surface area contributed by atoms with Crippen LogP contribution in [0.5, 0.6) is 0 Å². The molecule has 0 bridgehead atoms. The smallest absolute Gasteiger partial charge is 0.257 e. The fraction of sp³-hybridized carbons (Fsp3) is 0.900. The first-order valence-electron chi connectivity index (χ1n) is 4.87. The Morgan fingerprint density at radius 2 is 2.08 bits per heavy atom. The molecule has 0 heterocycles. The lowest BCUT2D eigenvalue weighted by Crippen LogP contribution is -2.43. The second-order valence-corrected chi connectivity index (χ2v) is 3.99. The van der Waals surface area contributed by atoms with Gasteiger partial charge < -0.3 is 5.32 Å². The number of rotatable bonds is 5. The fourth-order valence-corrected chi connectivity index (χ4v) is 0.978. The molecule has 2 nitrogen and oxygen atoms in total. The van der Waals surface area contributed by atoms with Crippen LogP contribution in [-0.4, -0.2) is 17.6 Å². The van der Waals surface area contributed by atoms with Crippen molar-refractivity contribution in [3.05, 3.63) is 0 Å². The lowest BCUT2D eigenvalue weighted by molar-refractivity contribution is -0.131. The van der Waals surface area contributed by atoms with Crippen LogP contribution in [0.2, 0.25) is 0 Å². The van der Waals surface area contributed by atoms with Crippen molar-refractivity contribution in [3.63, 3.8) is 0 Å². The monoisotopic (exact) mass is 189 g/mol. The Labute approximate surface area is 79.9 Å². The molecule has 13 heavy (non-hydrogen) atoms. The lowest BCUT2D eigenvalue weighted by Gasteiger charge is -2.18. The Kier molecular flexibility index (Phi) is 4.96. The number of hydrogen-bond donors (Lipinski definition) is 1. The van der Waals surface area contributed by atoms with Gasteiger partial charge in [0.15, 0.2) is 5.67 Å². The molecule has 0 rings (SSSR count). The van der Waals surface area contributed by atoms with Crippen LogP contribution in [0.3, 0.4) is 0 Å². The highest BCUT2D eigenvalue weighted by molar-refractivity contribution is 5.84. The Hall–Kier alpha value is -0.600. The number of amides is 1. The van der Waals surface area contributed by atoms with Crippen molar-refractivity contribution in [2.75, 3.05) is 0 Å². The summed E-state index contributed by atoms with van der Waals surface area (Å²) in [7, 11) is 0. The maximum absolute atomic E-state index is 13.1. The van der Waals surface area contributed by atoms with Gasteiger partial charge in [0.25, 0.3) is 5.91 Å². The zero-order chi connectivity index (χ0) is 10.5. The first-order valence-corrected chi connectivity index (χ1v) is 4.87. The van der Waals surface area contributed by atoms with Gasteiger partial charge in [-0.25, -0.2) is 4.39 Å². The van der Waals surface area contributed by atoms with Gasteiger partial charge in [0.2, 0.25) is 0 Å². The molecule has 0 aromatic rings. The molecular formula is C10H20FNO. The molecule has 1 atom stereocenters. The van der Waals surface area contributed by atoms with Gasteiger partial charge in [-0.1, -0.05) is 19.8 Å². The lowest BCUT2D eigenvalue weighted by atomic mass is 10.1. The van der Waals surface area contributed by atoms with Crippen molar-refractivity contribution in [2.24, 2.45) is 0 Å². The summed E-state index contributed by atoms with van der Waals surface area (Å²) < 4.78 is 13.1. The number of halogens is 1. The predicted molar refractivity (Wildman–Crippen MR) is 52.3 cm³/mol. The minimum atomic E-state index is -1.76. The maximum Gasteiger partial charge on any atom is 0.257 e. The quantitative estimate of drug-likeness (QED) is 0.707. The molecule has 0 saturated carbocycles. The zero-order valence-electron chi connectivity index (χ0n) is 8.98. The summed E-state index contributed by atoms with van der Waals surface area (Å²) in [5, 5.41) is 2.64. The summed E-state index contributed by atoms with van der Waals surface area (Å²) in [6, 6.07) is 0.0717. The highest BCUT2D eigenvalue weighted by Crippen LogP contribution is 2.09. The van der Waals surface area contributed by atoms with E-state index in [2.05, 4.69) is 12.2 Å². The molecule has 0 aliphatic rings. The summed E-state index contributed by atoms with van der Waals surface area (Å²) >= 11 is 0. The van der Waals surface area contributed by atoms with E-state index < -0.39 is 11.6 Å². The van der Waals surface area contributed by atoms with Crippen molar-refractivity contribution < 1.29 is 9.18 Å². The Bertz CT molecular complexity index is 163. The van der Waals surface area contributed by atoms with Gasteiger partial charge >= 0.3 is 0 Å². The summed E-state index contributed by atoms with van der Waals surface area (Å²) in [4.78, 5) is 11.2. The van der Waals surface area contributed by atoms with Gasteiger partial charge in [0.05, 0.1) is 0 Å². The largest absolute Gasteiger partial charge is 0.351 e. The Morgan fingerprint density at radius 3 is 2.46 bits per heavy atom. The Morgan fingerprint density at radius 1 is 1.54 bits per heavy atom. The minimum Gasteiger partial charge on any atom is -0.351 e. The number of alkyl halides is 1. The van der Waals surface area contributed by atoms with E-state index in [1.807, 2.05) is 6.92 Å². The van der Waals surface area contributed by atoms with Crippen molar-refractivity contribution in [2.45, 2.75) is 58.7 Å². The van der Waals surface area contributed by atoms with Gasteiger partial charge in [-0.15, -0.1) is 0 Å². The van der Waals surface area contributed by atoms with E-state index in [-0.39, 0.29) is 6.04 Å². The van der Waals surface area contributed by atoms with Crippen molar-refractivity contribution in [1.29, 1.82) is 0 Å². The highest BCUT2D eigenvalue weighted by Gasteiger charge is 2.27. The minimum absolute atomic E-state index is 0.0717. The van der Waals surface area contributed by atoms with Gasteiger partial charge in [-0.3, -0.25) is 4.79 Å². The zero-order valence-corrected chi connectivity index (χ0v) is 8.98. The fourth-order valence-electron chi connectivity index (χ4n) is 0.978. The summed E-state index contributed by atoms with van der Waals surface area (Å²) in [5.41, 5.74) is -1.76. The Balaban J connectivity index is 3.79. The van der Waals surface area contributed by atoms with Crippen LogP contribution >= 0.6 is 0 Å². The van der Waals surface area contributed by atoms with Crippen LogP contribution in [0, 0.1) is 0 Å². The first-order chi connectivity index (χ1) is 5.88. The predicted octanol–water partition coefficient (Wildman–Crippen LogP) is 2.43. The molecule has 0 aromatic heterocycles. The third-order valence-electron chi connectivity index (χ3n) is 1.91. The topological polar surface area (TPSA) is 29.1 Å². The third-order valence-corrected chi connectivity index (χ3v) is 1.91. The van der Waals surface area contributed by atoms with Crippen molar-refractivity contribution in [3.8, 4) is 0 Å². The molecule has 0 saturated heterocycles. The number of carbonyl (C=O) groups is 1. The van der Waals surface area contributed by atoms with Crippen molar-refractivity contribution >= 4 is 5.91 Å². The van der Waals surface area contributed by atoms with Crippen LogP contribution in [-0.2, 0) is 4.79 Å². The van der Waals surface area contributed by atoms with E-state index in [1.54, 1.807) is 0 Å². The van der Waals surface area contributed by atoms with Gasteiger partial charge in [-0.2, -0.15) is 0 Å². The summed E-state index contributed by atoms with van der Waals surface area (Å²) in [6.07, 6.45) is 3.08. The molecule has 0 aliphatic carbocycles. The standard InChI is InChI=1S/C10H20FNO/c1-5-6-7-8(2)12-9(13)10(3,4)11/h8H,5-7H2,1-4H3,(H,12,13). The number of carbonyl (C=O) groups excluding carboxylic acids is 1. The maximum atomic E-state index is 13.1. The second kappa shape index (κ2) is 5.20. The average Bonchev–Trinajstić information content (AvgIpc) is 1.99. The first kappa shape index (κ1) is 12.4. The molecule has 0 spiro atoms. The van der Waals surface area contributed by atoms with E-state index >= 15 is 0 Å². The molecule has 0 aromatic carbocycles. The van der Waals surface area contributed by atoms with Gasteiger partial charge in [-0.05, 0) is 27.2 Å². The van der Waals surface area contributed by atoms with E-state index in [0.29, 0.717) is 0 Å². The molecule has 1 amide bonds. The van der Waals surface area contributed by atoms with Crippen LogP contribution in [0.15, 0.2) is 0 Å². The summed E-state index contributed by atoms with van der Waals surface area (Å²) in [6.45, 7) is 6.54. The molecule has 78 valence electrons. The van der Waals surface area contributed by atoms with E-state index in [4.69, 9.17) is 0 Å². The number of hydrogen-bond acceptors (Lipinski definition) is 1. The van der Waals surface area contributed by atoms with E-state index in [1.165, 1.54) is 13.8 Å². The van der Waals surface area contributed by atoms with Crippen molar-refractivity contribution in [1.82, 2.24) is 5.32 Å². The molecule has 3 heteroatoms. The normalized spacial score (nSPS) is 13.9. The van der Waals surface area contributed by atoms with E-state index in [9.17, 15) is 9.18 Å². The second-order valence-electron chi connectivity index (χ2n) is 3.99. The van der Waals surface area contributed by atoms with Gasteiger partial charge in [0, 0.05) is 6.04 Å². The molecule has 0 fully saturated rings. The summed E-state index contributed by atoms with van der Waals surface area (Å²) in [5.74, 6) is -0.517. The molecule has 0 aliphatic heterocycles. The average molecular weight is 189 g/mol. The molecule has 1 unspecified atom stereocenters. The third kappa shape index (κ3) is 5.61.